The zero-order chi connectivity index (χ0) is 18.7. The summed E-state index contributed by atoms with van der Waals surface area (Å²) in [6, 6.07) is 11.4. The first kappa shape index (κ1) is 18.1. The number of nitrogens with one attached hydrogen (secondary N) is 1. The molecule has 2 aromatic carbocycles. The molecule has 1 amide bonds. The van der Waals surface area contributed by atoms with Gasteiger partial charge in [-0.1, -0.05) is 30.0 Å². The molecule has 9 heteroatoms. The average Bonchev–Trinajstić information content (AvgIpc) is 2.58. The van der Waals surface area contributed by atoms with Gasteiger partial charge >= 0.3 is 6.18 Å². The first-order chi connectivity index (χ1) is 12.3. The van der Waals surface area contributed by atoms with Gasteiger partial charge in [0.15, 0.2) is 5.69 Å². The Labute approximate surface area is 149 Å². The van der Waals surface area contributed by atoms with E-state index in [-0.39, 0.29) is 22.0 Å². The molecule has 0 aliphatic carbocycles. The van der Waals surface area contributed by atoms with E-state index in [0.29, 0.717) is 17.3 Å². The van der Waals surface area contributed by atoms with Crippen molar-refractivity contribution in [2.24, 2.45) is 0 Å². The van der Waals surface area contributed by atoms with Crippen LogP contribution >= 0.6 is 11.8 Å². The van der Waals surface area contributed by atoms with Crippen LogP contribution in [0.5, 0.6) is 0 Å². The van der Waals surface area contributed by atoms with Gasteiger partial charge in [-0.2, -0.15) is 13.2 Å². The maximum absolute atomic E-state index is 13.2. The normalized spacial score (nSPS) is 11.5. The van der Waals surface area contributed by atoms with Gasteiger partial charge in [-0.25, -0.2) is 14.4 Å². The molecular weight excluding hydrogens is 370 g/mol. The van der Waals surface area contributed by atoms with Crippen LogP contribution in [0.2, 0.25) is 0 Å². The number of hydrogen-bond donors (Lipinski definition) is 1. The van der Waals surface area contributed by atoms with E-state index in [2.05, 4.69) is 15.3 Å². The second-order valence-corrected chi connectivity index (χ2v) is 6.18. The van der Waals surface area contributed by atoms with Gasteiger partial charge in [0.25, 0.3) is 0 Å². The quantitative estimate of drug-likeness (QED) is 0.533. The Kier molecular flexibility index (Phi) is 5.08. The van der Waals surface area contributed by atoms with Gasteiger partial charge in [-0.05, 0) is 30.3 Å². The molecule has 1 aromatic heterocycles. The molecule has 0 radical (unpaired) electrons. The van der Waals surface area contributed by atoms with Crippen LogP contribution < -0.4 is 5.32 Å². The van der Waals surface area contributed by atoms with Crippen molar-refractivity contribution in [1.29, 1.82) is 0 Å². The maximum atomic E-state index is 13.2. The average molecular weight is 381 g/mol. The van der Waals surface area contributed by atoms with Crippen molar-refractivity contribution in [2.75, 3.05) is 11.1 Å². The third-order valence-electron chi connectivity index (χ3n) is 3.26. The molecule has 0 aliphatic rings. The largest absolute Gasteiger partial charge is 0.436 e. The number of nitrogens with zero attached hydrogens (tertiary/aromatic N) is 2. The van der Waals surface area contributed by atoms with Crippen molar-refractivity contribution in [3.63, 3.8) is 0 Å². The third kappa shape index (κ3) is 4.29. The molecule has 1 heterocycles. The second kappa shape index (κ2) is 7.28. The number of thioether (sulfide) groups is 1. The number of halogens is 4. The molecule has 26 heavy (non-hydrogen) atoms. The Morgan fingerprint density at radius 3 is 2.38 bits per heavy atom. The predicted molar refractivity (Wildman–Crippen MR) is 90.3 cm³/mol. The van der Waals surface area contributed by atoms with Gasteiger partial charge in [-0.3, -0.25) is 4.79 Å². The highest BCUT2D eigenvalue weighted by atomic mass is 32.2. The van der Waals surface area contributed by atoms with Crippen LogP contribution in [0, 0.1) is 5.82 Å². The summed E-state index contributed by atoms with van der Waals surface area (Å²) < 4.78 is 52.8. The minimum Gasteiger partial charge on any atom is -0.325 e. The number of alkyl halides is 3. The van der Waals surface area contributed by atoms with E-state index in [1.165, 1.54) is 24.3 Å². The van der Waals surface area contributed by atoms with Crippen LogP contribution in [0.1, 0.15) is 5.69 Å². The molecule has 1 N–H and O–H groups in total. The van der Waals surface area contributed by atoms with E-state index >= 15 is 0 Å². The topological polar surface area (TPSA) is 54.9 Å². The second-order valence-electron chi connectivity index (χ2n) is 5.21. The SMILES string of the molecule is O=C(CSc1nc2ccccc2nc1C(F)(F)F)Nc1cccc(F)c1. The highest BCUT2D eigenvalue weighted by Crippen LogP contribution is 2.35. The number of anilines is 1. The zero-order valence-corrected chi connectivity index (χ0v) is 13.9. The summed E-state index contributed by atoms with van der Waals surface area (Å²) in [5.41, 5.74) is -0.502. The Bertz CT molecular complexity index is 962. The van der Waals surface area contributed by atoms with Crippen molar-refractivity contribution in [3.8, 4) is 0 Å². The molecule has 3 aromatic rings. The van der Waals surface area contributed by atoms with Crippen LogP contribution in [0.4, 0.5) is 23.2 Å². The first-order valence-electron chi connectivity index (χ1n) is 7.35. The Morgan fingerprint density at radius 1 is 1.04 bits per heavy atom. The molecule has 0 saturated carbocycles. The molecule has 0 aliphatic heterocycles. The smallest absolute Gasteiger partial charge is 0.325 e. The molecule has 134 valence electrons. The number of aromatic nitrogens is 2. The zero-order valence-electron chi connectivity index (χ0n) is 13.0. The summed E-state index contributed by atoms with van der Waals surface area (Å²) in [6.45, 7) is 0. The summed E-state index contributed by atoms with van der Waals surface area (Å²) in [6.07, 6.45) is -4.70. The van der Waals surface area contributed by atoms with Crippen molar-refractivity contribution in [1.82, 2.24) is 9.97 Å². The van der Waals surface area contributed by atoms with Gasteiger partial charge in [-0.15, -0.1) is 0 Å². The molecular formula is C17H11F4N3OS. The van der Waals surface area contributed by atoms with Crippen LogP contribution in [0.15, 0.2) is 53.6 Å². The van der Waals surface area contributed by atoms with E-state index in [9.17, 15) is 22.4 Å². The van der Waals surface area contributed by atoms with Crippen molar-refractivity contribution >= 4 is 34.4 Å². The highest BCUT2D eigenvalue weighted by Gasteiger charge is 2.37. The standard InChI is InChI=1S/C17H11F4N3OS/c18-10-4-3-5-11(8-10)22-14(25)9-26-16-15(17(19,20)21)23-12-6-1-2-7-13(12)24-16/h1-8H,9H2,(H,22,25). The predicted octanol–water partition coefficient (Wildman–Crippen LogP) is 4.52. The summed E-state index contributed by atoms with van der Waals surface area (Å²) in [5, 5.41) is 2.04. The molecule has 0 unspecified atom stereocenters. The van der Waals surface area contributed by atoms with Crippen LogP contribution in [0.3, 0.4) is 0 Å². The summed E-state index contributed by atoms with van der Waals surface area (Å²) in [4.78, 5) is 19.5. The van der Waals surface area contributed by atoms with Crippen LogP contribution in [-0.4, -0.2) is 21.6 Å². The first-order valence-corrected chi connectivity index (χ1v) is 8.34. The van der Waals surface area contributed by atoms with Gasteiger partial charge in [0.05, 0.1) is 16.8 Å². The number of carbonyl (C=O) groups excluding carboxylic acids is 1. The summed E-state index contributed by atoms with van der Waals surface area (Å²) >= 11 is 0.621. The number of benzene rings is 2. The molecule has 0 fully saturated rings. The summed E-state index contributed by atoms with van der Waals surface area (Å²) in [7, 11) is 0. The van der Waals surface area contributed by atoms with Crippen LogP contribution in [0.25, 0.3) is 11.0 Å². The van der Waals surface area contributed by atoms with E-state index in [4.69, 9.17) is 0 Å². The van der Waals surface area contributed by atoms with E-state index in [1.807, 2.05) is 0 Å². The minimum absolute atomic E-state index is 0.119. The monoisotopic (exact) mass is 381 g/mol. The molecule has 0 bridgehead atoms. The van der Waals surface area contributed by atoms with Crippen LogP contribution in [-0.2, 0) is 11.0 Å². The highest BCUT2D eigenvalue weighted by molar-refractivity contribution is 8.00. The van der Waals surface area contributed by atoms with E-state index in [1.54, 1.807) is 18.2 Å². The number of rotatable bonds is 4. The summed E-state index contributed by atoms with van der Waals surface area (Å²) in [5.74, 6) is -1.44. The lowest BCUT2D eigenvalue weighted by molar-refractivity contribution is -0.143. The Hall–Kier alpha value is -2.68. The Balaban J connectivity index is 1.80. The number of amides is 1. The van der Waals surface area contributed by atoms with Crippen molar-refractivity contribution in [2.45, 2.75) is 11.2 Å². The number of carbonyl (C=O) groups is 1. The van der Waals surface area contributed by atoms with E-state index in [0.717, 1.165) is 6.07 Å². The van der Waals surface area contributed by atoms with E-state index < -0.39 is 23.6 Å². The third-order valence-corrected chi connectivity index (χ3v) is 4.22. The van der Waals surface area contributed by atoms with Crippen molar-refractivity contribution < 1.29 is 22.4 Å². The lowest BCUT2D eigenvalue weighted by atomic mass is 10.3. The number of fused-ring (bicyclic) bond motifs is 1. The lowest BCUT2D eigenvalue weighted by Gasteiger charge is -2.12. The number of hydrogen-bond acceptors (Lipinski definition) is 4. The van der Waals surface area contributed by atoms with Gasteiger partial charge in [0, 0.05) is 5.69 Å². The molecule has 4 nitrogen and oxygen atoms in total. The fourth-order valence-corrected chi connectivity index (χ4v) is 2.97. The van der Waals surface area contributed by atoms with Gasteiger partial charge in [0.1, 0.15) is 10.8 Å². The Morgan fingerprint density at radius 2 is 1.73 bits per heavy atom. The van der Waals surface area contributed by atoms with Gasteiger partial charge in [0.2, 0.25) is 5.91 Å². The maximum Gasteiger partial charge on any atom is 0.436 e. The molecule has 0 saturated heterocycles. The molecule has 0 spiro atoms. The molecule has 0 atom stereocenters. The molecule has 3 rings (SSSR count). The fraction of sp³-hybridized carbons (Fsp3) is 0.118. The van der Waals surface area contributed by atoms with Gasteiger partial charge < -0.3 is 5.32 Å². The van der Waals surface area contributed by atoms with Crippen molar-refractivity contribution in [3.05, 3.63) is 60.0 Å². The lowest BCUT2D eigenvalue weighted by Crippen LogP contribution is -2.16. The number of para-hydroxylation sites is 2. The minimum atomic E-state index is -4.70. The fourth-order valence-electron chi connectivity index (χ4n) is 2.17.